The van der Waals surface area contributed by atoms with Crippen molar-refractivity contribution in [3.05, 3.63) is 52.4 Å². The second-order valence-electron chi connectivity index (χ2n) is 3.74. The first-order valence-corrected chi connectivity index (χ1v) is 6.34. The number of hydrogen-bond donors (Lipinski definition) is 2. The van der Waals surface area contributed by atoms with Crippen molar-refractivity contribution in [2.24, 2.45) is 5.73 Å². The standard InChI is InChI=1S/C13H13BrN2O2/c14-10-3-1-2-4-11(10)16-13(17)12-6-5-9(18-12)7-8-15/h1-6H,7-8,15H2,(H,16,17). The van der Waals surface area contributed by atoms with Gasteiger partial charge in [-0.25, -0.2) is 0 Å². The molecule has 5 heteroatoms. The van der Waals surface area contributed by atoms with Crippen LogP contribution >= 0.6 is 15.9 Å². The molecule has 2 aromatic rings. The molecule has 18 heavy (non-hydrogen) atoms. The zero-order chi connectivity index (χ0) is 13.0. The highest BCUT2D eigenvalue weighted by Crippen LogP contribution is 2.22. The topological polar surface area (TPSA) is 68.3 Å². The molecule has 3 N–H and O–H groups in total. The van der Waals surface area contributed by atoms with Gasteiger partial charge < -0.3 is 15.5 Å². The zero-order valence-electron chi connectivity index (χ0n) is 9.65. The van der Waals surface area contributed by atoms with Crippen LogP contribution in [-0.2, 0) is 6.42 Å². The zero-order valence-corrected chi connectivity index (χ0v) is 11.2. The first-order chi connectivity index (χ1) is 8.70. The van der Waals surface area contributed by atoms with Crippen molar-refractivity contribution in [1.29, 1.82) is 0 Å². The lowest BCUT2D eigenvalue weighted by molar-refractivity contribution is 0.0995. The fraction of sp³-hybridized carbons (Fsp3) is 0.154. The summed E-state index contributed by atoms with van der Waals surface area (Å²) in [6.45, 7) is 0.499. The Hall–Kier alpha value is -1.59. The number of furan rings is 1. The van der Waals surface area contributed by atoms with Gasteiger partial charge >= 0.3 is 0 Å². The molecule has 2 rings (SSSR count). The molecule has 0 saturated carbocycles. The average molecular weight is 309 g/mol. The second kappa shape index (κ2) is 5.84. The molecular formula is C13H13BrN2O2. The number of amides is 1. The smallest absolute Gasteiger partial charge is 0.291 e. The molecule has 0 atom stereocenters. The Morgan fingerprint density at radius 3 is 2.78 bits per heavy atom. The molecule has 0 fully saturated rings. The van der Waals surface area contributed by atoms with Crippen molar-refractivity contribution >= 4 is 27.5 Å². The van der Waals surface area contributed by atoms with E-state index in [9.17, 15) is 4.79 Å². The van der Waals surface area contributed by atoms with Gasteiger partial charge in [-0.3, -0.25) is 4.79 Å². The summed E-state index contributed by atoms with van der Waals surface area (Å²) in [6, 6.07) is 10.8. The number of carbonyl (C=O) groups is 1. The molecule has 1 heterocycles. The molecule has 0 bridgehead atoms. The van der Waals surface area contributed by atoms with Crippen LogP contribution in [0, 0.1) is 0 Å². The van der Waals surface area contributed by atoms with E-state index >= 15 is 0 Å². The number of nitrogens with two attached hydrogens (primary N) is 1. The minimum Gasteiger partial charge on any atom is -0.456 e. The Bertz CT molecular complexity index is 551. The van der Waals surface area contributed by atoms with Crippen molar-refractivity contribution < 1.29 is 9.21 Å². The molecule has 94 valence electrons. The van der Waals surface area contributed by atoms with Gasteiger partial charge in [0.15, 0.2) is 5.76 Å². The van der Waals surface area contributed by atoms with Crippen LogP contribution in [0.5, 0.6) is 0 Å². The number of hydrogen-bond acceptors (Lipinski definition) is 3. The molecule has 1 aromatic carbocycles. The van der Waals surface area contributed by atoms with E-state index in [2.05, 4.69) is 21.2 Å². The van der Waals surface area contributed by atoms with Gasteiger partial charge in [0.25, 0.3) is 5.91 Å². The van der Waals surface area contributed by atoms with E-state index in [4.69, 9.17) is 10.2 Å². The summed E-state index contributed by atoms with van der Waals surface area (Å²) in [5, 5.41) is 2.77. The third kappa shape index (κ3) is 3.00. The largest absolute Gasteiger partial charge is 0.456 e. The Morgan fingerprint density at radius 1 is 1.28 bits per heavy atom. The fourth-order valence-electron chi connectivity index (χ4n) is 1.52. The van der Waals surface area contributed by atoms with Crippen LogP contribution in [0.3, 0.4) is 0 Å². The number of para-hydroxylation sites is 1. The van der Waals surface area contributed by atoms with Crippen LogP contribution in [0.25, 0.3) is 0 Å². The number of nitrogens with one attached hydrogen (secondary N) is 1. The lowest BCUT2D eigenvalue weighted by Gasteiger charge is -2.04. The minimum absolute atomic E-state index is 0.273. The SMILES string of the molecule is NCCc1ccc(C(=O)Nc2ccccc2Br)o1. The van der Waals surface area contributed by atoms with E-state index < -0.39 is 0 Å². The number of carbonyl (C=O) groups excluding carboxylic acids is 1. The first kappa shape index (κ1) is 12.9. The third-order valence-corrected chi connectivity index (χ3v) is 3.09. The molecule has 0 aliphatic heterocycles. The lowest BCUT2D eigenvalue weighted by atomic mass is 10.3. The third-order valence-electron chi connectivity index (χ3n) is 2.40. The summed E-state index contributed by atoms with van der Waals surface area (Å²) in [5.41, 5.74) is 6.13. The van der Waals surface area contributed by atoms with Gasteiger partial charge in [0.2, 0.25) is 0 Å². The maximum absolute atomic E-state index is 11.9. The first-order valence-electron chi connectivity index (χ1n) is 5.55. The summed E-state index contributed by atoms with van der Waals surface area (Å²) in [4.78, 5) is 11.9. The van der Waals surface area contributed by atoms with E-state index in [0.29, 0.717) is 18.7 Å². The number of rotatable bonds is 4. The van der Waals surface area contributed by atoms with Gasteiger partial charge in [-0.1, -0.05) is 12.1 Å². The van der Waals surface area contributed by atoms with E-state index in [1.165, 1.54) is 0 Å². The van der Waals surface area contributed by atoms with E-state index in [1.54, 1.807) is 12.1 Å². The van der Waals surface area contributed by atoms with Gasteiger partial charge in [0, 0.05) is 10.9 Å². The number of halogens is 1. The summed E-state index contributed by atoms with van der Waals surface area (Å²) in [6.07, 6.45) is 0.627. The van der Waals surface area contributed by atoms with Gasteiger partial charge in [-0.05, 0) is 46.7 Å². The highest BCUT2D eigenvalue weighted by Gasteiger charge is 2.12. The molecule has 0 spiro atoms. The summed E-state index contributed by atoms with van der Waals surface area (Å²) in [5.74, 6) is 0.731. The molecule has 0 unspecified atom stereocenters. The second-order valence-corrected chi connectivity index (χ2v) is 4.59. The summed E-state index contributed by atoms with van der Waals surface area (Å²) in [7, 11) is 0. The number of benzene rings is 1. The predicted octanol–water partition coefficient (Wildman–Crippen LogP) is 2.80. The summed E-state index contributed by atoms with van der Waals surface area (Å²) < 4.78 is 6.22. The molecule has 0 aliphatic carbocycles. The molecule has 0 radical (unpaired) electrons. The lowest BCUT2D eigenvalue weighted by Crippen LogP contribution is -2.11. The average Bonchev–Trinajstić information content (AvgIpc) is 2.81. The molecule has 1 amide bonds. The Labute approximate surface area is 113 Å². The van der Waals surface area contributed by atoms with Crippen molar-refractivity contribution in [2.45, 2.75) is 6.42 Å². The van der Waals surface area contributed by atoms with Crippen molar-refractivity contribution in [3.8, 4) is 0 Å². The molecular weight excluding hydrogens is 296 g/mol. The maximum atomic E-state index is 11.9. The van der Waals surface area contributed by atoms with Crippen molar-refractivity contribution in [2.75, 3.05) is 11.9 Å². The highest BCUT2D eigenvalue weighted by molar-refractivity contribution is 9.10. The van der Waals surface area contributed by atoms with Crippen LogP contribution in [0.4, 0.5) is 5.69 Å². The van der Waals surface area contributed by atoms with Crippen LogP contribution in [0.2, 0.25) is 0 Å². The van der Waals surface area contributed by atoms with E-state index in [1.807, 2.05) is 24.3 Å². The van der Waals surface area contributed by atoms with Crippen LogP contribution < -0.4 is 11.1 Å². The van der Waals surface area contributed by atoms with Gasteiger partial charge in [-0.15, -0.1) is 0 Å². The van der Waals surface area contributed by atoms with Gasteiger partial charge in [0.1, 0.15) is 5.76 Å². The molecule has 0 aliphatic rings. The molecule has 0 saturated heterocycles. The fourth-order valence-corrected chi connectivity index (χ4v) is 1.91. The van der Waals surface area contributed by atoms with E-state index in [-0.39, 0.29) is 11.7 Å². The van der Waals surface area contributed by atoms with Crippen LogP contribution in [0.15, 0.2) is 45.3 Å². The quantitative estimate of drug-likeness (QED) is 0.912. The molecule has 4 nitrogen and oxygen atoms in total. The van der Waals surface area contributed by atoms with Crippen LogP contribution in [0.1, 0.15) is 16.3 Å². The Morgan fingerprint density at radius 2 is 2.06 bits per heavy atom. The van der Waals surface area contributed by atoms with Crippen molar-refractivity contribution in [1.82, 2.24) is 0 Å². The van der Waals surface area contributed by atoms with Gasteiger partial charge in [-0.2, -0.15) is 0 Å². The minimum atomic E-state index is -0.273. The number of anilines is 1. The highest BCUT2D eigenvalue weighted by atomic mass is 79.9. The van der Waals surface area contributed by atoms with Gasteiger partial charge in [0.05, 0.1) is 5.69 Å². The maximum Gasteiger partial charge on any atom is 0.291 e. The Kier molecular flexibility index (Phi) is 4.17. The molecule has 1 aromatic heterocycles. The normalized spacial score (nSPS) is 10.3. The van der Waals surface area contributed by atoms with E-state index in [0.717, 1.165) is 10.2 Å². The summed E-state index contributed by atoms with van der Waals surface area (Å²) >= 11 is 3.37. The predicted molar refractivity (Wildman–Crippen MR) is 73.6 cm³/mol. The van der Waals surface area contributed by atoms with Crippen LogP contribution in [-0.4, -0.2) is 12.5 Å². The Balaban J connectivity index is 2.10. The van der Waals surface area contributed by atoms with Crippen molar-refractivity contribution in [3.63, 3.8) is 0 Å². The monoisotopic (exact) mass is 308 g/mol.